The van der Waals surface area contributed by atoms with Gasteiger partial charge in [-0.1, -0.05) is 26.0 Å². The molecule has 154 valence electrons. The maximum absolute atomic E-state index is 12.8. The Labute approximate surface area is 164 Å². The summed E-state index contributed by atoms with van der Waals surface area (Å²) < 4.78 is 0. The molecule has 0 radical (unpaired) electrons. The first-order valence-corrected chi connectivity index (χ1v) is 9.63. The van der Waals surface area contributed by atoms with E-state index in [-0.39, 0.29) is 30.0 Å². The first kappa shape index (κ1) is 21.8. The maximum atomic E-state index is 12.8. The number of nitrogens with zero attached hydrogens (tertiary/aromatic N) is 1. The summed E-state index contributed by atoms with van der Waals surface area (Å²) in [4.78, 5) is 34.8. The zero-order chi connectivity index (χ0) is 20.8. The van der Waals surface area contributed by atoms with Gasteiger partial charge in [0.25, 0.3) is 5.69 Å². The number of carboxylic acid groups (broad SMARTS) is 1. The van der Waals surface area contributed by atoms with Gasteiger partial charge in [-0.05, 0) is 37.2 Å². The smallest absolute Gasteiger partial charge is 0.307 e. The number of aliphatic hydroxyl groups is 1. The van der Waals surface area contributed by atoms with Crippen LogP contribution in [0.5, 0.6) is 0 Å². The van der Waals surface area contributed by atoms with Gasteiger partial charge in [0.15, 0.2) is 0 Å². The predicted octanol–water partition coefficient (Wildman–Crippen LogP) is 2.70. The Morgan fingerprint density at radius 1 is 1.25 bits per heavy atom. The summed E-state index contributed by atoms with van der Waals surface area (Å²) in [6.45, 7) is 3.74. The van der Waals surface area contributed by atoms with E-state index in [2.05, 4.69) is 5.32 Å². The second-order valence-corrected chi connectivity index (χ2v) is 7.73. The molecule has 1 aromatic carbocycles. The van der Waals surface area contributed by atoms with Crippen molar-refractivity contribution in [2.45, 2.75) is 51.5 Å². The molecule has 0 aliphatic heterocycles. The fraction of sp³-hybridized carbons (Fsp3) is 0.600. The van der Waals surface area contributed by atoms with E-state index in [9.17, 15) is 29.9 Å². The van der Waals surface area contributed by atoms with Crippen molar-refractivity contribution in [2.24, 2.45) is 17.8 Å². The standard InChI is InChI=1S/C20H28N2O6/c1-12-3-8-16(17(11-12)20(25)26)19(24)21-18(9-10-23)13(2)14-4-6-15(7-5-14)22(27)28/h4-7,12-13,16-18,23H,3,8-11H2,1-2H3,(H,21,24)(H,25,26)/t12?,13-,16?,17?,18?/m1/s1. The first-order chi connectivity index (χ1) is 13.2. The van der Waals surface area contributed by atoms with Gasteiger partial charge in [0.1, 0.15) is 0 Å². The van der Waals surface area contributed by atoms with Gasteiger partial charge in [-0.3, -0.25) is 19.7 Å². The molecule has 8 heteroatoms. The van der Waals surface area contributed by atoms with Crippen LogP contribution in [0.3, 0.4) is 0 Å². The summed E-state index contributed by atoms with van der Waals surface area (Å²) in [5, 5.41) is 32.7. The average Bonchev–Trinajstić information content (AvgIpc) is 2.66. The van der Waals surface area contributed by atoms with Crippen LogP contribution in [-0.4, -0.2) is 39.7 Å². The number of aliphatic hydroxyl groups excluding tert-OH is 1. The Morgan fingerprint density at radius 3 is 2.43 bits per heavy atom. The number of nitro benzene ring substituents is 1. The Hall–Kier alpha value is -2.48. The van der Waals surface area contributed by atoms with Crippen LogP contribution >= 0.6 is 0 Å². The van der Waals surface area contributed by atoms with Crippen LogP contribution in [0.4, 0.5) is 5.69 Å². The monoisotopic (exact) mass is 392 g/mol. The molecular formula is C20H28N2O6. The largest absolute Gasteiger partial charge is 0.481 e. The fourth-order valence-electron chi connectivity index (χ4n) is 3.98. The molecule has 5 atom stereocenters. The number of carbonyl (C=O) groups excluding carboxylic acids is 1. The molecule has 4 unspecified atom stereocenters. The number of nitrogens with one attached hydrogen (secondary N) is 1. The van der Waals surface area contributed by atoms with E-state index in [4.69, 9.17) is 0 Å². The molecule has 1 fully saturated rings. The van der Waals surface area contributed by atoms with Crippen molar-refractivity contribution >= 4 is 17.6 Å². The van der Waals surface area contributed by atoms with Gasteiger partial charge < -0.3 is 15.5 Å². The average molecular weight is 392 g/mol. The number of rotatable bonds is 8. The fourth-order valence-corrected chi connectivity index (χ4v) is 3.98. The lowest BCUT2D eigenvalue weighted by Crippen LogP contribution is -2.46. The highest BCUT2D eigenvalue weighted by molar-refractivity contribution is 5.85. The van der Waals surface area contributed by atoms with Gasteiger partial charge in [-0.15, -0.1) is 0 Å². The Kier molecular flexibility index (Phi) is 7.51. The van der Waals surface area contributed by atoms with Crippen molar-refractivity contribution in [1.29, 1.82) is 0 Å². The summed E-state index contributed by atoms with van der Waals surface area (Å²) in [5.74, 6) is -2.45. The van der Waals surface area contributed by atoms with E-state index in [1.165, 1.54) is 12.1 Å². The van der Waals surface area contributed by atoms with Crippen molar-refractivity contribution in [3.63, 3.8) is 0 Å². The lowest BCUT2D eigenvalue weighted by molar-refractivity contribution is -0.384. The number of carboxylic acids is 1. The third-order valence-electron chi connectivity index (χ3n) is 5.77. The zero-order valence-electron chi connectivity index (χ0n) is 16.2. The minimum absolute atomic E-state index is 0.0145. The molecule has 1 saturated carbocycles. The minimum Gasteiger partial charge on any atom is -0.481 e. The van der Waals surface area contributed by atoms with Crippen molar-refractivity contribution in [3.8, 4) is 0 Å². The Bertz CT molecular complexity index is 705. The summed E-state index contributed by atoms with van der Waals surface area (Å²) in [6.07, 6.45) is 2.13. The summed E-state index contributed by atoms with van der Waals surface area (Å²) in [6, 6.07) is 5.70. The topological polar surface area (TPSA) is 130 Å². The van der Waals surface area contributed by atoms with E-state index in [0.717, 1.165) is 12.0 Å². The number of carbonyl (C=O) groups is 2. The van der Waals surface area contributed by atoms with Gasteiger partial charge in [-0.25, -0.2) is 0 Å². The molecule has 1 aliphatic carbocycles. The van der Waals surface area contributed by atoms with Gasteiger partial charge in [-0.2, -0.15) is 0 Å². The summed E-state index contributed by atoms with van der Waals surface area (Å²) in [7, 11) is 0. The van der Waals surface area contributed by atoms with Gasteiger partial charge in [0.05, 0.1) is 16.8 Å². The number of aliphatic carboxylic acids is 1. The third kappa shape index (κ3) is 5.28. The van der Waals surface area contributed by atoms with E-state index in [1.54, 1.807) is 12.1 Å². The second kappa shape index (κ2) is 9.64. The second-order valence-electron chi connectivity index (χ2n) is 7.73. The molecule has 1 aliphatic rings. The Morgan fingerprint density at radius 2 is 1.89 bits per heavy atom. The molecule has 0 bridgehead atoms. The van der Waals surface area contributed by atoms with Gasteiger partial charge in [0, 0.05) is 30.7 Å². The number of non-ortho nitro benzene ring substituents is 1. The molecule has 0 spiro atoms. The Balaban J connectivity index is 2.13. The highest BCUT2D eigenvalue weighted by Gasteiger charge is 2.39. The quantitative estimate of drug-likeness (QED) is 0.461. The predicted molar refractivity (Wildman–Crippen MR) is 103 cm³/mol. The number of benzene rings is 1. The van der Waals surface area contributed by atoms with Crippen molar-refractivity contribution in [3.05, 3.63) is 39.9 Å². The highest BCUT2D eigenvalue weighted by Crippen LogP contribution is 2.34. The van der Waals surface area contributed by atoms with Crippen LogP contribution in [-0.2, 0) is 9.59 Å². The highest BCUT2D eigenvalue weighted by atomic mass is 16.6. The van der Waals surface area contributed by atoms with Crippen LogP contribution in [0.1, 0.15) is 51.0 Å². The third-order valence-corrected chi connectivity index (χ3v) is 5.77. The number of hydrogen-bond donors (Lipinski definition) is 3. The normalized spacial score (nSPS) is 24.2. The first-order valence-electron chi connectivity index (χ1n) is 9.63. The minimum atomic E-state index is -0.950. The lowest BCUT2D eigenvalue weighted by Gasteiger charge is -2.33. The maximum Gasteiger partial charge on any atom is 0.307 e. The molecule has 0 aromatic heterocycles. The van der Waals surface area contributed by atoms with Crippen LogP contribution in [0.15, 0.2) is 24.3 Å². The van der Waals surface area contributed by atoms with Gasteiger partial charge in [0.2, 0.25) is 5.91 Å². The SMILES string of the molecule is CC1CCC(C(=O)NC(CCO)[C@H](C)c2ccc([N+](=O)[O-])cc2)C(C(=O)O)C1. The molecule has 1 aromatic rings. The molecule has 0 saturated heterocycles. The summed E-state index contributed by atoms with van der Waals surface area (Å²) in [5.41, 5.74) is 0.788. The van der Waals surface area contributed by atoms with E-state index in [0.29, 0.717) is 19.3 Å². The molecule has 28 heavy (non-hydrogen) atoms. The molecule has 2 rings (SSSR count). The van der Waals surface area contributed by atoms with E-state index >= 15 is 0 Å². The molecule has 0 heterocycles. The zero-order valence-corrected chi connectivity index (χ0v) is 16.2. The number of nitro groups is 1. The van der Waals surface area contributed by atoms with Crippen LogP contribution in [0, 0.1) is 27.9 Å². The molecule has 3 N–H and O–H groups in total. The van der Waals surface area contributed by atoms with Crippen LogP contribution < -0.4 is 5.32 Å². The van der Waals surface area contributed by atoms with Crippen molar-refractivity contribution in [1.82, 2.24) is 5.32 Å². The molecule has 1 amide bonds. The van der Waals surface area contributed by atoms with Crippen molar-refractivity contribution < 1.29 is 24.7 Å². The van der Waals surface area contributed by atoms with E-state index in [1.807, 2.05) is 13.8 Å². The van der Waals surface area contributed by atoms with Crippen LogP contribution in [0.25, 0.3) is 0 Å². The number of amides is 1. The van der Waals surface area contributed by atoms with Gasteiger partial charge >= 0.3 is 5.97 Å². The lowest BCUT2D eigenvalue weighted by atomic mass is 9.74. The van der Waals surface area contributed by atoms with E-state index < -0.39 is 28.8 Å². The molecule has 8 nitrogen and oxygen atoms in total. The summed E-state index contributed by atoms with van der Waals surface area (Å²) >= 11 is 0. The molecular weight excluding hydrogens is 364 g/mol. The van der Waals surface area contributed by atoms with Crippen molar-refractivity contribution in [2.75, 3.05) is 6.61 Å². The van der Waals surface area contributed by atoms with Crippen LogP contribution in [0.2, 0.25) is 0 Å². The number of hydrogen-bond acceptors (Lipinski definition) is 5.